The molecule has 3 heterocycles. The van der Waals surface area contributed by atoms with Gasteiger partial charge in [-0.25, -0.2) is 13.9 Å². The molecule has 12 heteroatoms. The molecule has 1 fully saturated rings. The van der Waals surface area contributed by atoms with E-state index in [1.807, 2.05) is 20.8 Å². The van der Waals surface area contributed by atoms with Gasteiger partial charge in [0.25, 0.3) is 5.91 Å². The zero-order valence-corrected chi connectivity index (χ0v) is 19.9. The van der Waals surface area contributed by atoms with E-state index >= 15 is 0 Å². The second kappa shape index (κ2) is 9.07. The minimum absolute atomic E-state index is 0.0377. The topological polar surface area (TPSA) is 106 Å². The Bertz CT molecular complexity index is 1310. The largest absolute Gasteiger partial charge is 0.418 e. The highest BCUT2D eigenvalue weighted by Crippen LogP contribution is 2.38. The van der Waals surface area contributed by atoms with Gasteiger partial charge in [0, 0.05) is 24.1 Å². The van der Waals surface area contributed by atoms with Gasteiger partial charge in [-0.15, -0.1) is 0 Å². The van der Waals surface area contributed by atoms with Crippen LogP contribution in [-0.2, 0) is 11.0 Å². The van der Waals surface area contributed by atoms with Crippen LogP contribution < -0.4 is 11.1 Å². The first kappa shape index (κ1) is 25.4. The van der Waals surface area contributed by atoms with Crippen LogP contribution in [-0.4, -0.2) is 56.6 Å². The predicted octanol–water partition coefficient (Wildman–Crippen LogP) is 3.71. The Morgan fingerprint density at radius 3 is 2.56 bits per heavy atom. The maximum Gasteiger partial charge on any atom is 0.418 e. The number of nitrogen functional groups attached to an aromatic ring is 1. The average molecular weight is 507 g/mol. The summed E-state index contributed by atoms with van der Waals surface area (Å²) in [5.41, 5.74) is 4.50. The van der Waals surface area contributed by atoms with E-state index in [1.54, 1.807) is 0 Å². The molecule has 1 aliphatic heterocycles. The molecule has 36 heavy (non-hydrogen) atoms. The van der Waals surface area contributed by atoms with Crippen LogP contribution in [0.25, 0.3) is 16.8 Å². The van der Waals surface area contributed by atoms with E-state index < -0.39 is 29.9 Å². The number of likely N-dealkylation sites (tertiary alicyclic amines) is 1. The summed E-state index contributed by atoms with van der Waals surface area (Å²) in [7, 11) is 0. The Labute approximate surface area is 204 Å². The molecule has 1 saturated heterocycles. The van der Waals surface area contributed by atoms with Crippen LogP contribution in [0.3, 0.4) is 0 Å². The van der Waals surface area contributed by atoms with Gasteiger partial charge in [0.2, 0.25) is 5.91 Å². The third kappa shape index (κ3) is 5.12. The Morgan fingerprint density at radius 2 is 1.89 bits per heavy atom. The number of alkyl halides is 4. The smallest absolute Gasteiger partial charge is 0.382 e. The van der Waals surface area contributed by atoms with Crippen molar-refractivity contribution >= 4 is 23.1 Å². The van der Waals surface area contributed by atoms with Crippen molar-refractivity contribution in [3.8, 4) is 11.3 Å². The van der Waals surface area contributed by atoms with Gasteiger partial charge in [-0.1, -0.05) is 32.9 Å². The van der Waals surface area contributed by atoms with E-state index in [1.165, 1.54) is 29.2 Å². The number of nitrogens with one attached hydrogen (secondary N) is 1. The van der Waals surface area contributed by atoms with Crippen molar-refractivity contribution < 1.29 is 27.2 Å². The van der Waals surface area contributed by atoms with E-state index in [4.69, 9.17) is 5.73 Å². The third-order valence-corrected chi connectivity index (χ3v) is 5.91. The van der Waals surface area contributed by atoms with Crippen LogP contribution in [0.5, 0.6) is 0 Å². The van der Waals surface area contributed by atoms with E-state index in [0.29, 0.717) is 0 Å². The second-order valence-corrected chi connectivity index (χ2v) is 10.1. The molecular formula is C24H26F4N6O2. The van der Waals surface area contributed by atoms with Crippen LogP contribution in [0, 0.1) is 5.41 Å². The van der Waals surface area contributed by atoms with E-state index in [0.717, 1.165) is 16.9 Å². The lowest BCUT2D eigenvalue weighted by Crippen LogP contribution is -2.42. The second-order valence-electron chi connectivity index (χ2n) is 10.1. The number of fused-ring (bicyclic) bond motifs is 1. The summed E-state index contributed by atoms with van der Waals surface area (Å²) < 4.78 is 56.5. The summed E-state index contributed by atoms with van der Waals surface area (Å²) in [6.45, 7) is 5.65. The standard InChI is InChI=1S/C24H26F4N6O2/c1-23(2,3)9-19(35)33-10-16(25)17(11-33)32-22(36)14-6-4-5-13(7-14)18-8-15(24(26,27)28)20-21(29)30-12-31-34(18)20/h4-8,12,16-17H,9-11H2,1-3H3,(H,32,36)(H2,29,30,31)/t16-,17+/m0/s1. The number of hydrogen-bond donors (Lipinski definition) is 2. The molecule has 1 aliphatic rings. The Hall–Kier alpha value is -3.70. The first-order valence-corrected chi connectivity index (χ1v) is 11.3. The molecule has 0 bridgehead atoms. The first-order chi connectivity index (χ1) is 16.7. The fourth-order valence-electron chi connectivity index (χ4n) is 4.23. The minimum Gasteiger partial charge on any atom is -0.382 e. The highest BCUT2D eigenvalue weighted by atomic mass is 19.4. The van der Waals surface area contributed by atoms with Crippen molar-refractivity contribution in [1.29, 1.82) is 0 Å². The van der Waals surface area contributed by atoms with Gasteiger partial charge >= 0.3 is 6.18 Å². The number of amides is 2. The van der Waals surface area contributed by atoms with E-state index in [-0.39, 0.29) is 59.0 Å². The van der Waals surface area contributed by atoms with Crippen molar-refractivity contribution in [2.75, 3.05) is 18.8 Å². The third-order valence-electron chi connectivity index (χ3n) is 5.91. The Morgan fingerprint density at radius 1 is 1.17 bits per heavy atom. The number of nitrogens with zero attached hydrogens (tertiary/aromatic N) is 4. The molecular weight excluding hydrogens is 480 g/mol. The monoisotopic (exact) mass is 506 g/mol. The zero-order chi connectivity index (χ0) is 26.4. The molecule has 0 unspecified atom stereocenters. The number of halogens is 4. The Balaban J connectivity index is 1.57. The molecule has 1 aromatic carbocycles. The number of aromatic nitrogens is 3. The van der Waals surface area contributed by atoms with Crippen LogP contribution >= 0.6 is 0 Å². The van der Waals surface area contributed by atoms with E-state index in [2.05, 4.69) is 15.4 Å². The lowest BCUT2D eigenvalue weighted by atomic mass is 9.92. The summed E-state index contributed by atoms with van der Waals surface area (Å²) in [4.78, 5) is 30.4. The van der Waals surface area contributed by atoms with Gasteiger partial charge in [0.15, 0.2) is 5.82 Å². The van der Waals surface area contributed by atoms with Crippen molar-refractivity contribution in [3.05, 3.63) is 47.8 Å². The molecule has 2 atom stereocenters. The van der Waals surface area contributed by atoms with Crippen molar-refractivity contribution in [2.24, 2.45) is 5.41 Å². The van der Waals surface area contributed by atoms with Crippen molar-refractivity contribution in [3.63, 3.8) is 0 Å². The fraction of sp³-hybridized carbons (Fsp3) is 0.417. The molecule has 4 rings (SSSR count). The number of anilines is 1. The van der Waals surface area contributed by atoms with Gasteiger partial charge in [0.05, 0.1) is 23.8 Å². The van der Waals surface area contributed by atoms with Gasteiger partial charge in [0.1, 0.15) is 18.0 Å². The quantitative estimate of drug-likeness (QED) is 0.525. The number of nitrogens with two attached hydrogens (primary N) is 1. The molecule has 192 valence electrons. The normalized spacial score (nSPS) is 18.6. The molecule has 0 radical (unpaired) electrons. The minimum atomic E-state index is -4.70. The molecule has 2 amide bonds. The summed E-state index contributed by atoms with van der Waals surface area (Å²) in [6, 6.07) is 5.88. The van der Waals surface area contributed by atoms with Crippen LogP contribution in [0.1, 0.15) is 43.1 Å². The summed E-state index contributed by atoms with van der Waals surface area (Å²) in [5.74, 6) is -1.13. The lowest BCUT2D eigenvalue weighted by Gasteiger charge is -2.22. The number of benzene rings is 1. The van der Waals surface area contributed by atoms with Crippen LogP contribution in [0.4, 0.5) is 23.4 Å². The van der Waals surface area contributed by atoms with Crippen molar-refractivity contribution in [1.82, 2.24) is 24.8 Å². The SMILES string of the molecule is CC(C)(C)CC(=O)N1C[C@H](F)[C@H](NC(=O)c2cccc(-c3cc(C(F)(F)F)c4c(N)ncnn34)c2)C1. The predicted molar refractivity (Wildman–Crippen MR) is 125 cm³/mol. The van der Waals surface area contributed by atoms with Crippen molar-refractivity contribution in [2.45, 2.75) is 45.6 Å². The van der Waals surface area contributed by atoms with Crippen LogP contribution in [0.15, 0.2) is 36.7 Å². The first-order valence-electron chi connectivity index (χ1n) is 11.3. The van der Waals surface area contributed by atoms with Crippen LogP contribution in [0.2, 0.25) is 0 Å². The molecule has 0 spiro atoms. The maximum absolute atomic E-state index is 14.6. The van der Waals surface area contributed by atoms with Gasteiger partial charge < -0.3 is 16.0 Å². The lowest BCUT2D eigenvalue weighted by molar-refractivity contribution is -0.136. The van der Waals surface area contributed by atoms with Gasteiger partial charge in [-0.2, -0.15) is 18.3 Å². The molecule has 0 aliphatic carbocycles. The molecule has 8 nitrogen and oxygen atoms in total. The summed E-state index contributed by atoms with van der Waals surface area (Å²) >= 11 is 0. The number of hydrogen-bond acceptors (Lipinski definition) is 5. The Kier molecular flexibility index (Phi) is 6.40. The average Bonchev–Trinajstić information content (AvgIpc) is 3.35. The van der Waals surface area contributed by atoms with Gasteiger partial charge in [-0.3, -0.25) is 9.59 Å². The summed E-state index contributed by atoms with van der Waals surface area (Å²) in [5, 5.41) is 6.51. The fourth-order valence-corrected chi connectivity index (χ4v) is 4.23. The molecule has 3 N–H and O–H groups in total. The van der Waals surface area contributed by atoms with E-state index in [9.17, 15) is 27.2 Å². The molecule has 0 saturated carbocycles. The maximum atomic E-state index is 14.6. The summed E-state index contributed by atoms with van der Waals surface area (Å²) in [6.07, 6.45) is -4.85. The number of rotatable bonds is 4. The van der Waals surface area contributed by atoms with Gasteiger partial charge in [-0.05, 0) is 23.6 Å². The number of carbonyl (C=O) groups is 2. The molecule has 3 aromatic rings. The highest BCUT2D eigenvalue weighted by molar-refractivity contribution is 5.96. The zero-order valence-electron chi connectivity index (χ0n) is 19.9. The highest BCUT2D eigenvalue weighted by Gasteiger charge is 2.38. The number of carbonyl (C=O) groups excluding carboxylic acids is 2. The molecule has 2 aromatic heterocycles.